The predicted octanol–water partition coefficient (Wildman–Crippen LogP) is 4.00. The van der Waals surface area contributed by atoms with Crippen LogP contribution in [0.3, 0.4) is 0 Å². The minimum absolute atomic E-state index is 0.116. The molecule has 4 heterocycles. The summed E-state index contributed by atoms with van der Waals surface area (Å²) >= 11 is 0. The van der Waals surface area contributed by atoms with Crippen LogP contribution >= 0.6 is 0 Å². The lowest BCUT2D eigenvalue weighted by atomic mass is 10.1. The standard InChI is InChI=1S/C28H30FN9O/c1-16(2)35(5)23-8-18(9-24-26(23)37(7)28(39)36(24)6)38-22-11-20(29)19(17-12-31-34(4)14-17)10-21(22)32-27(38)25-13-30-15-33(25)3/h8-16H,1-7H3. The van der Waals surface area contributed by atoms with Crippen LogP contribution < -0.4 is 10.6 Å². The van der Waals surface area contributed by atoms with E-state index in [2.05, 4.69) is 28.8 Å². The van der Waals surface area contributed by atoms with E-state index in [1.807, 2.05) is 35.4 Å². The van der Waals surface area contributed by atoms with Crippen LogP contribution in [0.5, 0.6) is 0 Å². The smallest absolute Gasteiger partial charge is 0.328 e. The van der Waals surface area contributed by atoms with Gasteiger partial charge in [-0.2, -0.15) is 5.10 Å². The second kappa shape index (κ2) is 8.69. The summed E-state index contributed by atoms with van der Waals surface area (Å²) in [4.78, 5) is 24.4. The highest BCUT2D eigenvalue weighted by atomic mass is 19.1. The topological polar surface area (TPSA) is 83.6 Å². The average molecular weight is 528 g/mol. The number of fused-ring (bicyclic) bond motifs is 2. The quantitative estimate of drug-likeness (QED) is 0.339. The van der Waals surface area contributed by atoms with Gasteiger partial charge in [-0.25, -0.2) is 19.2 Å². The van der Waals surface area contributed by atoms with Gasteiger partial charge >= 0.3 is 5.69 Å². The fourth-order valence-electron chi connectivity index (χ4n) is 5.17. The molecule has 0 radical (unpaired) electrons. The summed E-state index contributed by atoms with van der Waals surface area (Å²) in [6, 6.07) is 7.45. The normalized spacial score (nSPS) is 11.9. The van der Waals surface area contributed by atoms with E-state index in [9.17, 15) is 4.79 Å². The van der Waals surface area contributed by atoms with Crippen LogP contribution in [0.1, 0.15) is 13.8 Å². The van der Waals surface area contributed by atoms with E-state index in [4.69, 9.17) is 4.98 Å². The molecule has 0 bridgehead atoms. The Morgan fingerprint density at radius 3 is 2.38 bits per heavy atom. The summed E-state index contributed by atoms with van der Waals surface area (Å²) in [5.41, 5.74) is 6.26. The van der Waals surface area contributed by atoms with Crippen LogP contribution in [0.15, 0.2) is 54.0 Å². The van der Waals surface area contributed by atoms with Crippen molar-refractivity contribution in [3.63, 3.8) is 0 Å². The summed E-state index contributed by atoms with van der Waals surface area (Å²) < 4.78 is 24.5. The molecule has 0 spiro atoms. The molecule has 0 aliphatic carbocycles. The van der Waals surface area contributed by atoms with Gasteiger partial charge in [-0.05, 0) is 32.0 Å². The Morgan fingerprint density at radius 2 is 1.74 bits per heavy atom. The van der Waals surface area contributed by atoms with Crippen molar-refractivity contribution in [2.24, 2.45) is 28.2 Å². The largest absolute Gasteiger partial charge is 0.370 e. The van der Waals surface area contributed by atoms with Gasteiger partial charge in [0.25, 0.3) is 0 Å². The van der Waals surface area contributed by atoms with Gasteiger partial charge in [0, 0.05) is 64.7 Å². The summed E-state index contributed by atoms with van der Waals surface area (Å²) in [6.45, 7) is 4.20. The monoisotopic (exact) mass is 527 g/mol. The van der Waals surface area contributed by atoms with Crippen molar-refractivity contribution < 1.29 is 4.39 Å². The Labute approximate surface area is 224 Å². The highest BCUT2D eigenvalue weighted by Gasteiger charge is 2.23. The van der Waals surface area contributed by atoms with Gasteiger partial charge in [-0.15, -0.1) is 0 Å². The molecule has 0 aliphatic rings. The summed E-state index contributed by atoms with van der Waals surface area (Å²) in [7, 11) is 9.25. The lowest BCUT2D eigenvalue weighted by Gasteiger charge is -2.26. The SMILES string of the molecule is CC(C)N(C)c1cc(-n2c(-c3cncn3C)nc3cc(-c4cnn(C)c4)c(F)cc32)cc2c1n(C)c(=O)n2C. The van der Waals surface area contributed by atoms with Crippen molar-refractivity contribution in [2.75, 3.05) is 11.9 Å². The minimum Gasteiger partial charge on any atom is -0.370 e. The number of rotatable bonds is 5. The van der Waals surface area contributed by atoms with Gasteiger partial charge in [0.15, 0.2) is 5.82 Å². The molecule has 0 saturated heterocycles. The zero-order valence-corrected chi connectivity index (χ0v) is 23.0. The summed E-state index contributed by atoms with van der Waals surface area (Å²) in [5, 5.41) is 4.20. The molecule has 0 unspecified atom stereocenters. The molecule has 2 aromatic carbocycles. The van der Waals surface area contributed by atoms with Crippen molar-refractivity contribution in [1.82, 2.24) is 38.0 Å². The van der Waals surface area contributed by atoms with Crippen LogP contribution in [0, 0.1) is 5.82 Å². The van der Waals surface area contributed by atoms with Gasteiger partial charge in [0.05, 0.1) is 52.2 Å². The molecule has 6 aromatic rings. The molecule has 4 aromatic heterocycles. The predicted molar refractivity (Wildman–Crippen MR) is 151 cm³/mol. The van der Waals surface area contributed by atoms with Crippen molar-refractivity contribution in [2.45, 2.75) is 19.9 Å². The molecule has 6 rings (SSSR count). The Bertz CT molecular complexity index is 1950. The van der Waals surface area contributed by atoms with Crippen LogP contribution in [-0.2, 0) is 28.2 Å². The third-order valence-electron chi connectivity index (χ3n) is 7.54. The first-order chi connectivity index (χ1) is 18.6. The molecular formula is C28H30FN9O. The molecule has 0 atom stereocenters. The molecule has 0 aliphatic heterocycles. The fourth-order valence-corrected chi connectivity index (χ4v) is 5.17. The second-order valence-electron chi connectivity index (χ2n) is 10.3. The number of benzene rings is 2. The average Bonchev–Trinajstić information content (AvgIpc) is 3.66. The third kappa shape index (κ3) is 3.68. The van der Waals surface area contributed by atoms with Gasteiger partial charge in [-0.3, -0.25) is 18.4 Å². The highest BCUT2D eigenvalue weighted by molar-refractivity contribution is 5.94. The van der Waals surface area contributed by atoms with Crippen molar-refractivity contribution in [3.05, 3.63) is 65.5 Å². The lowest BCUT2D eigenvalue weighted by molar-refractivity contribution is 0.632. The number of nitrogens with zero attached hydrogens (tertiary/aromatic N) is 9. The molecule has 0 amide bonds. The van der Waals surface area contributed by atoms with E-state index in [1.165, 1.54) is 6.07 Å². The molecule has 11 heteroatoms. The highest BCUT2D eigenvalue weighted by Crippen LogP contribution is 2.36. The number of anilines is 1. The number of aryl methyl sites for hydroxylation is 4. The van der Waals surface area contributed by atoms with Gasteiger partial charge < -0.3 is 9.47 Å². The molecule has 0 N–H and O–H groups in total. The van der Waals surface area contributed by atoms with E-state index in [0.29, 0.717) is 28.0 Å². The number of imidazole rings is 3. The van der Waals surface area contributed by atoms with Crippen LogP contribution in [0.25, 0.3) is 50.4 Å². The fraction of sp³-hybridized carbons (Fsp3) is 0.286. The maximum Gasteiger partial charge on any atom is 0.328 e. The number of hydrogen-bond donors (Lipinski definition) is 0. The van der Waals surface area contributed by atoms with Crippen molar-refractivity contribution in [3.8, 4) is 28.3 Å². The molecular weight excluding hydrogens is 497 g/mol. The summed E-state index contributed by atoms with van der Waals surface area (Å²) in [6.07, 6.45) is 6.87. The zero-order chi connectivity index (χ0) is 27.7. The Balaban J connectivity index is 1.72. The Morgan fingerprint density at radius 1 is 0.974 bits per heavy atom. The Hall–Kier alpha value is -4.67. The van der Waals surface area contributed by atoms with Crippen LogP contribution in [-0.4, -0.2) is 51.1 Å². The first-order valence-corrected chi connectivity index (χ1v) is 12.7. The first kappa shape index (κ1) is 24.7. The van der Waals surface area contributed by atoms with E-state index in [0.717, 1.165) is 28.1 Å². The van der Waals surface area contributed by atoms with Crippen LogP contribution in [0.2, 0.25) is 0 Å². The maximum atomic E-state index is 15.7. The minimum atomic E-state index is -0.374. The second-order valence-corrected chi connectivity index (χ2v) is 10.3. The Kier molecular flexibility index (Phi) is 5.49. The van der Waals surface area contributed by atoms with E-state index >= 15 is 4.39 Å². The van der Waals surface area contributed by atoms with Gasteiger partial charge in [0.2, 0.25) is 0 Å². The number of aromatic nitrogens is 8. The molecule has 200 valence electrons. The van der Waals surface area contributed by atoms with Crippen LogP contribution in [0.4, 0.5) is 10.1 Å². The summed E-state index contributed by atoms with van der Waals surface area (Å²) in [5.74, 6) is 0.243. The molecule has 10 nitrogen and oxygen atoms in total. The van der Waals surface area contributed by atoms with E-state index in [-0.39, 0.29) is 17.5 Å². The van der Waals surface area contributed by atoms with Gasteiger partial charge in [-0.1, -0.05) is 0 Å². The molecule has 39 heavy (non-hydrogen) atoms. The number of halogens is 1. The first-order valence-electron chi connectivity index (χ1n) is 12.7. The maximum absolute atomic E-state index is 15.7. The van der Waals surface area contributed by atoms with Crippen molar-refractivity contribution in [1.29, 1.82) is 0 Å². The molecule has 0 fully saturated rings. The number of hydrogen-bond acceptors (Lipinski definition) is 5. The van der Waals surface area contributed by atoms with E-state index < -0.39 is 0 Å². The molecule has 0 saturated carbocycles. The van der Waals surface area contributed by atoms with E-state index in [1.54, 1.807) is 65.9 Å². The lowest BCUT2D eigenvalue weighted by Crippen LogP contribution is -2.26. The van der Waals surface area contributed by atoms with Gasteiger partial charge in [0.1, 0.15) is 11.5 Å². The third-order valence-corrected chi connectivity index (χ3v) is 7.54. The zero-order valence-electron chi connectivity index (χ0n) is 23.0. The van der Waals surface area contributed by atoms with Crippen molar-refractivity contribution >= 4 is 27.8 Å².